The number of aromatic nitrogens is 2. The number of fused-ring (bicyclic) bond motifs is 2. The van der Waals surface area contributed by atoms with Crippen molar-refractivity contribution in [3.05, 3.63) is 105 Å². The van der Waals surface area contributed by atoms with Crippen molar-refractivity contribution in [2.24, 2.45) is 0 Å². The maximum absolute atomic E-state index is 13.4. The van der Waals surface area contributed by atoms with E-state index >= 15 is 0 Å². The summed E-state index contributed by atoms with van der Waals surface area (Å²) in [5, 5.41) is 3.51. The van der Waals surface area contributed by atoms with Crippen molar-refractivity contribution >= 4 is 23.2 Å². The first-order chi connectivity index (χ1) is 15.5. The maximum Gasteiger partial charge on any atom is 0.278 e. The number of nitrogens with zero attached hydrogens (tertiary/aromatic N) is 2. The minimum Gasteiger partial charge on any atom is -0.439 e. The summed E-state index contributed by atoms with van der Waals surface area (Å²) in [6.07, 6.45) is 0.378. The highest BCUT2D eigenvalue weighted by Crippen LogP contribution is 2.37. The number of nitrogens with one attached hydrogen (secondary N) is 1. The van der Waals surface area contributed by atoms with E-state index in [1.807, 2.05) is 61.5 Å². The number of anilines is 1. The highest BCUT2D eigenvalue weighted by atomic mass is 35.5. The maximum atomic E-state index is 13.4. The van der Waals surface area contributed by atoms with Gasteiger partial charge in [0, 0.05) is 22.7 Å². The average molecular weight is 446 g/mol. The minimum absolute atomic E-state index is 0.0866. The Morgan fingerprint density at radius 1 is 1.06 bits per heavy atom. The van der Waals surface area contributed by atoms with Gasteiger partial charge in [0.15, 0.2) is 0 Å². The lowest BCUT2D eigenvalue weighted by molar-refractivity contribution is -0.117. The van der Waals surface area contributed by atoms with Crippen LogP contribution in [0, 0.1) is 6.92 Å². The first kappa shape index (κ1) is 20.2. The van der Waals surface area contributed by atoms with E-state index in [0.717, 1.165) is 16.8 Å². The van der Waals surface area contributed by atoms with Gasteiger partial charge < -0.3 is 10.1 Å². The molecule has 3 aromatic carbocycles. The monoisotopic (exact) mass is 445 g/mol. The second kappa shape index (κ2) is 8.05. The first-order valence-electron chi connectivity index (χ1n) is 10.2. The molecule has 1 aliphatic heterocycles. The number of para-hydroxylation sites is 2. The minimum atomic E-state index is -0.257. The van der Waals surface area contributed by atoms with Crippen LogP contribution in [0.2, 0.25) is 5.02 Å². The van der Waals surface area contributed by atoms with Crippen LogP contribution in [0.15, 0.2) is 77.6 Å². The second-order valence-corrected chi connectivity index (χ2v) is 8.12. The van der Waals surface area contributed by atoms with E-state index in [4.69, 9.17) is 16.3 Å². The van der Waals surface area contributed by atoms with Gasteiger partial charge in [0.2, 0.25) is 11.8 Å². The molecular weight excluding hydrogens is 426 g/mol. The predicted molar refractivity (Wildman–Crippen MR) is 124 cm³/mol. The van der Waals surface area contributed by atoms with Crippen LogP contribution >= 0.6 is 11.6 Å². The van der Waals surface area contributed by atoms with Crippen molar-refractivity contribution in [3.63, 3.8) is 0 Å². The Morgan fingerprint density at radius 2 is 1.81 bits per heavy atom. The lowest BCUT2D eigenvalue weighted by Gasteiger charge is -2.20. The zero-order chi connectivity index (χ0) is 22.2. The standard InChI is InChI=1S/C25H20ClN3O3/c1-16-7-5-6-10-21(16)27-23(30)15-28-25-20(14-17-13-18(26)11-12-22(17)32-25)24(31)29(28)19-8-3-2-4-9-19/h2-13H,14-15H2,1H3,(H,27,30). The number of benzene rings is 3. The number of hydrogen-bond acceptors (Lipinski definition) is 3. The third kappa shape index (κ3) is 3.59. The highest BCUT2D eigenvalue weighted by molar-refractivity contribution is 6.30. The van der Waals surface area contributed by atoms with Crippen molar-refractivity contribution < 1.29 is 9.53 Å². The average Bonchev–Trinajstić information content (AvgIpc) is 3.05. The number of carbonyl (C=O) groups is 1. The number of halogens is 1. The van der Waals surface area contributed by atoms with Crippen LogP contribution < -0.4 is 15.6 Å². The molecule has 6 nitrogen and oxygen atoms in total. The summed E-state index contributed by atoms with van der Waals surface area (Å²) in [6.45, 7) is 1.84. The fourth-order valence-electron chi connectivity index (χ4n) is 3.93. The molecule has 2 heterocycles. The lowest BCUT2D eigenvalue weighted by atomic mass is 10.0. The van der Waals surface area contributed by atoms with E-state index in [1.165, 1.54) is 4.68 Å². The fourth-order valence-corrected chi connectivity index (χ4v) is 4.12. The third-order valence-corrected chi connectivity index (χ3v) is 5.73. The molecule has 7 heteroatoms. The van der Waals surface area contributed by atoms with E-state index < -0.39 is 0 Å². The number of rotatable bonds is 4. The van der Waals surface area contributed by atoms with E-state index in [2.05, 4.69) is 5.32 Å². The summed E-state index contributed by atoms with van der Waals surface area (Å²) in [6, 6.07) is 22.1. The zero-order valence-electron chi connectivity index (χ0n) is 17.3. The van der Waals surface area contributed by atoms with Crippen LogP contribution in [-0.2, 0) is 17.8 Å². The van der Waals surface area contributed by atoms with Gasteiger partial charge in [-0.1, -0.05) is 48.0 Å². The number of hydrogen-bond donors (Lipinski definition) is 1. The predicted octanol–water partition coefficient (Wildman–Crippen LogP) is 4.94. The normalized spacial score (nSPS) is 11.9. The molecule has 0 spiro atoms. The van der Waals surface area contributed by atoms with Crippen molar-refractivity contribution in [1.29, 1.82) is 0 Å². The smallest absolute Gasteiger partial charge is 0.278 e. The molecule has 0 fully saturated rings. The SMILES string of the molecule is Cc1ccccc1NC(=O)Cn1c2c(c(=O)n1-c1ccccc1)Cc1cc(Cl)ccc1O2. The molecule has 4 aromatic rings. The second-order valence-electron chi connectivity index (χ2n) is 7.69. The van der Waals surface area contributed by atoms with E-state index in [1.54, 1.807) is 22.9 Å². The first-order valence-corrected chi connectivity index (χ1v) is 10.6. The van der Waals surface area contributed by atoms with Crippen LogP contribution in [0.1, 0.15) is 16.7 Å². The molecule has 5 rings (SSSR count). The van der Waals surface area contributed by atoms with Gasteiger partial charge in [-0.05, 0) is 48.9 Å². The Hall–Kier alpha value is -3.77. The van der Waals surface area contributed by atoms with Crippen LogP contribution in [0.4, 0.5) is 5.69 Å². The Kier molecular flexibility index (Phi) is 5.07. The van der Waals surface area contributed by atoms with Gasteiger partial charge in [-0.3, -0.25) is 9.59 Å². The molecule has 0 unspecified atom stereocenters. The van der Waals surface area contributed by atoms with Gasteiger partial charge in [0.25, 0.3) is 5.56 Å². The molecule has 1 N–H and O–H groups in total. The van der Waals surface area contributed by atoms with Crippen LogP contribution in [0.5, 0.6) is 11.6 Å². The Morgan fingerprint density at radius 3 is 2.59 bits per heavy atom. The zero-order valence-corrected chi connectivity index (χ0v) is 18.1. The topological polar surface area (TPSA) is 65.3 Å². The third-order valence-electron chi connectivity index (χ3n) is 5.49. The highest BCUT2D eigenvalue weighted by Gasteiger charge is 2.29. The van der Waals surface area contributed by atoms with Gasteiger partial charge in [0.05, 0.1) is 11.3 Å². The molecule has 1 aliphatic rings. The lowest BCUT2D eigenvalue weighted by Crippen LogP contribution is -2.27. The summed E-state index contributed by atoms with van der Waals surface area (Å²) in [5.74, 6) is 0.737. The van der Waals surface area contributed by atoms with Gasteiger partial charge in [0.1, 0.15) is 12.3 Å². The molecule has 0 saturated heterocycles. The van der Waals surface area contributed by atoms with Crippen LogP contribution in [0.3, 0.4) is 0 Å². The quantitative estimate of drug-likeness (QED) is 0.426. The van der Waals surface area contributed by atoms with Gasteiger partial charge in [-0.25, -0.2) is 9.36 Å². The molecule has 0 radical (unpaired) electrons. The number of aryl methyl sites for hydroxylation is 1. The van der Waals surface area contributed by atoms with Crippen LogP contribution in [-0.4, -0.2) is 15.3 Å². The van der Waals surface area contributed by atoms with Crippen molar-refractivity contribution in [3.8, 4) is 17.3 Å². The number of carbonyl (C=O) groups excluding carboxylic acids is 1. The summed E-state index contributed by atoms with van der Waals surface area (Å²) in [7, 11) is 0. The molecule has 1 aromatic heterocycles. The molecule has 0 atom stereocenters. The van der Waals surface area contributed by atoms with E-state index in [-0.39, 0.29) is 18.0 Å². The van der Waals surface area contributed by atoms with Crippen molar-refractivity contribution in [2.75, 3.05) is 5.32 Å². The molecule has 1 amide bonds. The fraction of sp³-hybridized carbons (Fsp3) is 0.120. The summed E-state index contributed by atoms with van der Waals surface area (Å²) >= 11 is 6.14. The molecule has 0 saturated carbocycles. The van der Waals surface area contributed by atoms with E-state index in [0.29, 0.717) is 34.3 Å². The van der Waals surface area contributed by atoms with Gasteiger partial charge >= 0.3 is 0 Å². The molecular formula is C25H20ClN3O3. The van der Waals surface area contributed by atoms with Gasteiger partial charge in [-0.15, -0.1) is 0 Å². The number of ether oxygens (including phenoxy) is 1. The largest absolute Gasteiger partial charge is 0.439 e. The summed E-state index contributed by atoms with van der Waals surface area (Å²) in [5.41, 5.74) is 3.45. The molecule has 0 bridgehead atoms. The Bertz CT molecular complexity index is 1390. The summed E-state index contributed by atoms with van der Waals surface area (Å²) in [4.78, 5) is 26.4. The number of amides is 1. The Balaban J connectivity index is 1.58. The van der Waals surface area contributed by atoms with E-state index in [9.17, 15) is 9.59 Å². The molecule has 0 aliphatic carbocycles. The Labute approximate surface area is 189 Å². The van der Waals surface area contributed by atoms with Crippen LogP contribution in [0.25, 0.3) is 5.69 Å². The van der Waals surface area contributed by atoms with Gasteiger partial charge in [-0.2, -0.15) is 0 Å². The van der Waals surface area contributed by atoms with Crippen molar-refractivity contribution in [2.45, 2.75) is 19.9 Å². The molecule has 160 valence electrons. The van der Waals surface area contributed by atoms with Crippen molar-refractivity contribution in [1.82, 2.24) is 9.36 Å². The summed E-state index contributed by atoms with van der Waals surface area (Å²) < 4.78 is 9.22. The molecule has 32 heavy (non-hydrogen) atoms.